The third kappa shape index (κ3) is 11.6. The fraction of sp³-hybridized carbons (Fsp3) is 0.341. The molecule has 3 aromatic carbocycles. The Morgan fingerprint density at radius 2 is 1.22 bits per heavy atom. The number of aromatic carboxylic acids is 1. The molecule has 0 fully saturated rings. The Morgan fingerprint density at radius 3 is 1.63 bits per heavy atom. The van der Waals surface area contributed by atoms with E-state index in [1.54, 1.807) is 0 Å². The number of pyridine rings is 2. The summed E-state index contributed by atoms with van der Waals surface area (Å²) in [4.78, 5) is 54.3. The number of aryl methyl sites for hydroxylation is 1. The fourth-order valence-electron chi connectivity index (χ4n) is 7.32. The molecule has 11 nitrogen and oxygen atoms in total. The van der Waals surface area contributed by atoms with Gasteiger partial charge in [-0.05, 0) is 61.7 Å². The first-order chi connectivity index (χ1) is 31.4. The number of carboxylic acid groups (broad SMARTS) is 2. The van der Waals surface area contributed by atoms with E-state index in [1.807, 2.05) is 5.32 Å². The first-order valence-corrected chi connectivity index (χ1v) is 19.9. The maximum atomic E-state index is 15.0. The zero-order valence-corrected chi connectivity index (χ0v) is 36.4. The molecule has 5 aromatic rings. The zero-order valence-electron chi connectivity index (χ0n) is 36.4. The zero-order chi connectivity index (χ0) is 51.5. The average Bonchev–Trinajstić information content (AvgIpc) is 3.21. The molecule has 0 aliphatic heterocycles. The summed E-state index contributed by atoms with van der Waals surface area (Å²) in [6, 6.07) is 2.37. The van der Waals surface area contributed by atoms with Gasteiger partial charge in [0.2, 0.25) is 0 Å². The molecule has 0 unspecified atom stereocenters. The highest BCUT2D eigenvalue weighted by Gasteiger charge is 2.43. The molecule has 5 rings (SSSR count). The lowest BCUT2D eigenvalue weighted by molar-refractivity contribution is -0.149. The Hall–Kier alpha value is -6.88. The van der Waals surface area contributed by atoms with E-state index in [1.165, 1.54) is 52.2 Å². The van der Waals surface area contributed by atoms with Crippen molar-refractivity contribution in [2.45, 2.75) is 76.7 Å². The summed E-state index contributed by atoms with van der Waals surface area (Å²) in [6.45, 7) is 3.85. The van der Waals surface area contributed by atoms with Crippen LogP contribution in [0.3, 0.4) is 0 Å². The van der Waals surface area contributed by atoms with E-state index < -0.39 is 124 Å². The van der Waals surface area contributed by atoms with E-state index in [0.717, 1.165) is 30.8 Å². The summed E-state index contributed by atoms with van der Waals surface area (Å²) in [7, 11) is 3.31. The van der Waals surface area contributed by atoms with Gasteiger partial charge in [-0.1, -0.05) is 32.0 Å². The van der Waals surface area contributed by atoms with Gasteiger partial charge in [0.05, 0.1) is 16.6 Å². The number of hydrogen-bond acceptors (Lipinski definition) is 7. The number of hydrogen-bond donors (Lipinski definition) is 3. The van der Waals surface area contributed by atoms with Crippen molar-refractivity contribution in [2.24, 2.45) is 7.05 Å². The highest BCUT2D eigenvalue weighted by atomic mass is 19.4. The lowest BCUT2D eigenvalue weighted by atomic mass is 9.93. The molecule has 2 heterocycles. The van der Waals surface area contributed by atoms with Crippen molar-refractivity contribution in [3.8, 4) is 11.1 Å². The molecule has 3 N–H and O–H groups in total. The van der Waals surface area contributed by atoms with Crippen LogP contribution in [0, 0.1) is 30.2 Å². The minimum atomic E-state index is -4.92. The van der Waals surface area contributed by atoms with E-state index >= 15 is 8.78 Å². The molecule has 0 saturated carbocycles. The molecule has 24 heteroatoms. The van der Waals surface area contributed by atoms with Gasteiger partial charge in [0.15, 0.2) is 0 Å². The Balaban J connectivity index is 0.000000421. The maximum Gasteiger partial charge on any atom is 0.417 e. The number of benzene rings is 3. The van der Waals surface area contributed by atoms with Crippen LogP contribution in [0.4, 0.5) is 68.5 Å². The van der Waals surface area contributed by atoms with Crippen molar-refractivity contribution in [3.05, 3.63) is 122 Å². The van der Waals surface area contributed by atoms with E-state index in [2.05, 4.69) is 4.98 Å². The summed E-state index contributed by atoms with van der Waals surface area (Å²) in [6.07, 6.45) is -14.3. The SMILES string of the molecule is CC[C@@H](N(C)c1cc(F)c(C(=O)N[C@@H](Cc2ccc(-c3c(C(F)(F)F)cc(C)n(C)c3=O)c3ncccc23)C(=O)O)c(F)c1)C(F)(F)F.CC[C@@H](N(C)c1cc(F)c(C(=O)O)c(F)c1)C(F)(F)F. The van der Waals surface area contributed by atoms with Crippen molar-refractivity contribution < 1.29 is 81.7 Å². The minimum Gasteiger partial charge on any atom is -0.480 e. The fourth-order valence-corrected chi connectivity index (χ4v) is 7.32. The Bertz CT molecular complexity index is 2730. The van der Waals surface area contributed by atoms with Gasteiger partial charge in [-0.3, -0.25) is 14.6 Å². The van der Waals surface area contributed by atoms with Crippen LogP contribution in [0.5, 0.6) is 0 Å². The van der Waals surface area contributed by atoms with Crippen LogP contribution in [0.1, 0.15) is 64.2 Å². The highest BCUT2D eigenvalue weighted by Crippen LogP contribution is 2.39. The molecule has 368 valence electrons. The molecular formula is C44H40F13N5O6. The molecule has 68 heavy (non-hydrogen) atoms. The van der Waals surface area contributed by atoms with Crippen LogP contribution >= 0.6 is 0 Å². The summed E-state index contributed by atoms with van der Waals surface area (Å²) in [5, 5.41) is 20.6. The number of aromatic nitrogens is 2. The normalized spacial score (nSPS) is 13.3. The van der Waals surface area contributed by atoms with E-state index in [0.29, 0.717) is 34.1 Å². The summed E-state index contributed by atoms with van der Waals surface area (Å²) in [5.41, 5.74) is -6.27. The van der Waals surface area contributed by atoms with Crippen LogP contribution in [-0.4, -0.2) is 82.2 Å². The molecule has 0 aliphatic carbocycles. The van der Waals surface area contributed by atoms with Crippen LogP contribution in [0.2, 0.25) is 0 Å². The average molecular weight is 982 g/mol. The smallest absolute Gasteiger partial charge is 0.417 e. The molecule has 0 saturated heterocycles. The minimum absolute atomic E-state index is 0.0472. The topological polar surface area (TPSA) is 145 Å². The molecule has 3 atom stereocenters. The van der Waals surface area contributed by atoms with Gasteiger partial charge in [-0.25, -0.2) is 27.2 Å². The van der Waals surface area contributed by atoms with Gasteiger partial charge in [-0.15, -0.1) is 0 Å². The lowest BCUT2D eigenvalue weighted by Crippen LogP contribution is -2.44. The number of halogens is 13. The number of rotatable bonds is 13. The van der Waals surface area contributed by atoms with Gasteiger partial charge in [0.25, 0.3) is 11.5 Å². The van der Waals surface area contributed by atoms with Crippen molar-refractivity contribution in [1.82, 2.24) is 14.9 Å². The number of nitrogens with zero attached hydrogens (tertiary/aromatic N) is 4. The van der Waals surface area contributed by atoms with Gasteiger partial charge in [-0.2, -0.15) is 39.5 Å². The Morgan fingerprint density at radius 1 is 0.750 bits per heavy atom. The Labute approximate surface area is 377 Å². The number of anilines is 2. The number of carbonyl (C=O) groups excluding carboxylic acids is 1. The molecule has 1 amide bonds. The molecule has 2 aromatic heterocycles. The molecule has 0 bridgehead atoms. The predicted molar refractivity (Wildman–Crippen MR) is 222 cm³/mol. The van der Waals surface area contributed by atoms with Crippen molar-refractivity contribution in [2.75, 3.05) is 23.9 Å². The number of amides is 1. The van der Waals surface area contributed by atoms with Gasteiger partial charge >= 0.3 is 30.5 Å². The summed E-state index contributed by atoms with van der Waals surface area (Å²) in [5.74, 6) is -10.9. The molecule has 0 aliphatic rings. The van der Waals surface area contributed by atoms with Gasteiger partial charge in [0, 0.05) is 61.8 Å². The second kappa shape index (κ2) is 20.6. The standard InChI is InChI=1S/C32H28F8N4O4.C12H12F5NO2/c1-5-24(32(38,39)40)44(4)17-13-21(33)26(22(34)14-17)28(45)42-23(30(47)48)12-16-8-9-19(27-18(16)7-6-10-41-27)25-20(31(35,36)37)11-15(2)43(3)29(25)46;1-3-9(12(15,16)17)18(2)6-4-7(13)10(11(19)20)8(14)5-6/h6-11,13-14,23-24H,5,12H2,1-4H3,(H,42,45)(H,47,48);4-5,9H,3H2,1-2H3,(H,19,20)/t23-,24+;9-/m01/s1. The number of carboxylic acids is 2. The Kier molecular flexibility index (Phi) is 16.2. The monoisotopic (exact) mass is 981 g/mol. The predicted octanol–water partition coefficient (Wildman–Crippen LogP) is 9.85. The highest BCUT2D eigenvalue weighted by molar-refractivity contribution is 5.99. The first-order valence-electron chi connectivity index (χ1n) is 19.9. The van der Waals surface area contributed by atoms with E-state index in [9.17, 15) is 72.6 Å². The maximum absolute atomic E-state index is 15.0. The number of carbonyl (C=O) groups is 3. The molecule has 0 radical (unpaired) electrons. The number of aliphatic carboxylic acids is 1. The lowest BCUT2D eigenvalue weighted by Gasteiger charge is -2.31. The quantitative estimate of drug-likeness (QED) is 0.0983. The van der Waals surface area contributed by atoms with Crippen molar-refractivity contribution in [3.63, 3.8) is 0 Å². The van der Waals surface area contributed by atoms with Gasteiger partial charge < -0.3 is 29.9 Å². The second-order valence-corrected chi connectivity index (χ2v) is 15.2. The van der Waals surface area contributed by atoms with Crippen molar-refractivity contribution in [1.29, 1.82) is 0 Å². The third-order valence-corrected chi connectivity index (χ3v) is 10.9. The van der Waals surface area contributed by atoms with E-state index in [4.69, 9.17) is 5.11 Å². The first kappa shape index (κ1) is 53.7. The van der Waals surface area contributed by atoms with E-state index in [-0.39, 0.29) is 39.8 Å². The second-order valence-electron chi connectivity index (χ2n) is 15.2. The van der Waals surface area contributed by atoms with Crippen LogP contribution in [-0.2, 0) is 24.4 Å². The summed E-state index contributed by atoms with van der Waals surface area (Å²) >= 11 is 0. The van der Waals surface area contributed by atoms with Crippen LogP contribution in [0.25, 0.3) is 22.0 Å². The summed E-state index contributed by atoms with van der Waals surface area (Å²) < 4.78 is 179. The van der Waals surface area contributed by atoms with Crippen LogP contribution in [0.15, 0.2) is 65.6 Å². The van der Waals surface area contributed by atoms with Crippen LogP contribution < -0.4 is 20.7 Å². The largest absolute Gasteiger partial charge is 0.480 e. The van der Waals surface area contributed by atoms with Crippen molar-refractivity contribution >= 4 is 40.1 Å². The number of alkyl halides is 9. The van der Waals surface area contributed by atoms with Gasteiger partial charge in [0.1, 0.15) is 52.5 Å². The number of nitrogens with one attached hydrogen (secondary N) is 1. The third-order valence-electron chi connectivity index (χ3n) is 10.9. The number of fused-ring (bicyclic) bond motifs is 1. The molecule has 0 spiro atoms. The molecular weight excluding hydrogens is 941 g/mol.